The van der Waals surface area contributed by atoms with Crippen LogP contribution in [0.2, 0.25) is 25.1 Å². The van der Waals surface area contributed by atoms with E-state index in [-0.39, 0.29) is 31.5 Å². The quantitative estimate of drug-likeness (QED) is 0.225. The van der Waals surface area contributed by atoms with Crippen LogP contribution in [-0.4, -0.2) is 20.6 Å². The van der Waals surface area contributed by atoms with E-state index in [0.29, 0.717) is 26.4 Å². The van der Waals surface area contributed by atoms with Gasteiger partial charge in [0, 0.05) is 21.1 Å². The van der Waals surface area contributed by atoms with E-state index < -0.39 is 11.6 Å². The molecule has 4 nitrogen and oxygen atoms in total. The van der Waals surface area contributed by atoms with Crippen molar-refractivity contribution < 1.29 is 8.78 Å². The van der Waals surface area contributed by atoms with Crippen molar-refractivity contribution in [2.45, 2.75) is 5.16 Å². The molecule has 1 aliphatic heterocycles. The van der Waals surface area contributed by atoms with E-state index in [1.54, 1.807) is 12.1 Å². The summed E-state index contributed by atoms with van der Waals surface area (Å²) < 4.78 is 30.0. The maximum Gasteiger partial charge on any atom is 0.217 e. The van der Waals surface area contributed by atoms with Crippen molar-refractivity contribution in [1.82, 2.24) is 14.9 Å². The van der Waals surface area contributed by atoms with Crippen molar-refractivity contribution in [3.8, 4) is 11.4 Å². The molecule has 3 aromatic carbocycles. The van der Waals surface area contributed by atoms with Crippen LogP contribution in [0.3, 0.4) is 0 Å². The number of hydrogen-bond acceptors (Lipinski definition) is 4. The second-order valence-corrected chi connectivity index (χ2v) is 10.3. The predicted octanol–water partition coefficient (Wildman–Crippen LogP) is 8.89. The van der Waals surface area contributed by atoms with Gasteiger partial charge in [0.2, 0.25) is 5.16 Å². The van der Waals surface area contributed by atoms with Crippen LogP contribution in [0.15, 0.2) is 63.7 Å². The Morgan fingerprint density at radius 3 is 2.00 bits per heavy atom. The number of halogens is 7. The van der Waals surface area contributed by atoms with Crippen LogP contribution in [0.1, 0.15) is 11.1 Å². The Bertz CT molecular complexity index is 1550. The van der Waals surface area contributed by atoms with E-state index in [0.717, 1.165) is 11.6 Å². The Hall–Kier alpha value is -2.13. The molecule has 0 unspecified atom stereocenters. The number of hydrogen-bond donors (Lipinski definition) is 0. The maximum absolute atomic E-state index is 14.4. The lowest BCUT2D eigenvalue weighted by Crippen LogP contribution is -2.13. The van der Waals surface area contributed by atoms with Crippen molar-refractivity contribution in [3.63, 3.8) is 0 Å². The number of nitrogens with zero attached hydrogens (tertiary/aromatic N) is 4. The first-order valence-electron chi connectivity index (χ1n) is 9.71. The summed E-state index contributed by atoms with van der Waals surface area (Å²) in [6.45, 7) is 0. The molecule has 1 aromatic heterocycles. The summed E-state index contributed by atoms with van der Waals surface area (Å²) in [7, 11) is 0. The molecule has 12 heteroatoms. The fraction of sp³-hybridized carbons (Fsp3) is 0. The van der Waals surface area contributed by atoms with Gasteiger partial charge >= 0.3 is 0 Å². The maximum atomic E-state index is 14.4. The van der Waals surface area contributed by atoms with Crippen LogP contribution in [0.25, 0.3) is 17.5 Å². The van der Waals surface area contributed by atoms with Crippen LogP contribution >= 0.6 is 69.8 Å². The molecular formula is C23H9Cl5F2N4S. The lowest BCUT2D eigenvalue weighted by molar-refractivity contribution is 0.627. The third kappa shape index (κ3) is 4.81. The topological polar surface area (TPSA) is 43.1 Å². The Kier molecular flexibility index (Phi) is 6.83. The lowest BCUT2D eigenvalue weighted by Gasteiger charge is -2.18. The first-order chi connectivity index (χ1) is 16.7. The highest BCUT2D eigenvalue weighted by Crippen LogP contribution is 2.40. The number of fused-ring (bicyclic) bond motifs is 1. The molecule has 176 valence electrons. The van der Waals surface area contributed by atoms with Crippen molar-refractivity contribution in [1.29, 1.82) is 0 Å². The van der Waals surface area contributed by atoms with E-state index in [1.807, 2.05) is 18.2 Å². The Morgan fingerprint density at radius 2 is 1.34 bits per heavy atom. The van der Waals surface area contributed by atoms with Crippen molar-refractivity contribution in [3.05, 3.63) is 101 Å². The van der Waals surface area contributed by atoms with Crippen molar-refractivity contribution >= 4 is 81.6 Å². The first kappa shape index (κ1) is 24.6. The number of allylic oxidation sites excluding steroid dienone is 1. The number of rotatable bonds is 3. The average molecular weight is 589 g/mol. The summed E-state index contributed by atoms with van der Waals surface area (Å²) in [5.41, 5.74) is 1.66. The zero-order chi connectivity index (χ0) is 24.9. The minimum absolute atomic E-state index is 0.125. The highest BCUT2D eigenvalue weighted by Gasteiger charge is 2.28. The highest BCUT2D eigenvalue weighted by atomic mass is 35.5. The molecule has 35 heavy (non-hydrogen) atoms. The van der Waals surface area contributed by atoms with Crippen LogP contribution in [-0.2, 0) is 0 Å². The molecule has 0 radical (unpaired) electrons. The van der Waals surface area contributed by atoms with Gasteiger partial charge in [-0.25, -0.2) is 8.78 Å². The molecule has 0 atom stereocenters. The van der Waals surface area contributed by atoms with Crippen LogP contribution in [0.4, 0.5) is 8.78 Å². The number of benzene rings is 3. The van der Waals surface area contributed by atoms with Gasteiger partial charge in [-0.15, -0.1) is 10.2 Å². The minimum atomic E-state index is -0.678. The summed E-state index contributed by atoms with van der Waals surface area (Å²) >= 11 is 31.7. The monoisotopic (exact) mass is 586 g/mol. The fourth-order valence-corrected chi connectivity index (χ4v) is 5.28. The summed E-state index contributed by atoms with van der Waals surface area (Å²) in [5, 5.41) is 14.0. The van der Waals surface area contributed by atoms with Gasteiger partial charge in [-0.1, -0.05) is 70.1 Å². The van der Waals surface area contributed by atoms with Gasteiger partial charge in [0.15, 0.2) is 5.82 Å². The molecule has 0 aliphatic carbocycles. The van der Waals surface area contributed by atoms with Crippen LogP contribution in [0, 0.1) is 11.6 Å². The Morgan fingerprint density at radius 1 is 0.743 bits per heavy atom. The van der Waals surface area contributed by atoms with Gasteiger partial charge in [0.1, 0.15) is 17.3 Å². The van der Waals surface area contributed by atoms with Crippen molar-refractivity contribution in [2.24, 2.45) is 5.10 Å². The number of thioether (sulfide) groups is 1. The third-order valence-corrected chi connectivity index (χ3v) is 7.36. The van der Waals surface area contributed by atoms with Gasteiger partial charge in [-0.2, -0.15) is 9.78 Å². The molecule has 0 spiro atoms. The van der Waals surface area contributed by atoms with E-state index in [9.17, 15) is 8.78 Å². The Balaban J connectivity index is 1.72. The summed E-state index contributed by atoms with van der Waals surface area (Å²) in [6.07, 6.45) is 1.83. The van der Waals surface area contributed by atoms with Crippen LogP contribution in [0.5, 0.6) is 0 Å². The van der Waals surface area contributed by atoms with E-state index >= 15 is 0 Å². The highest BCUT2D eigenvalue weighted by molar-refractivity contribution is 8.04. The SMILES string of the molecule is Fc1cc(C2=Nn3c(nnc3-c3cc(F)c(Cl)cc3Cl)S/C2=C\c2ccc(Cl)cc2)c(Cl)cc1Cl. The van der Waals surface area contributed by atoms with E-state index in [2.05, 4.69) is 15.3 Å². The smallest absolute Gasteiger partial charge is 0.205 e. The minimum Gasteiger partial charge on any atom is -0.205 e. The van der Waals surface area contributed by atoms with E-state index in [1.165, 1.54) is 34.6 Å². The summed E-state index contributed by atoms with van der Waals surface area (Å²) in [6, 6.07) is 12.0. The van der Waals surface area contributed by atoms with E-state index in [4.69, 9.17) is 58.0 Å². The van der Waals surface area contributed by atoms with Gasteiger partial charge in [0.25, 0.3) is 0 Å². The first-order valence-corrected chi connectivity index (χ1v) is 12.4. The fourth-order valence-electron chi connectivity index (χ4n) is 3.28. The summed E-state index contributed by atoms with van der Waals surface area (Å²) in [4.78, 5) is 0.607. The zero-order valence-electron chi connectivity index (χ0n) is 17.0. The normalized spacial score (nSPS) is 14.3. The molecule has 1 aliphatic rings. The second kappa shape index (κ2) is 9.73. The van der Waals surface area contributed by atoms with Crippen molar-refractivity contribution in [2.75, 3.05) is 0 Å². The predicted molar refractivity (Wildman–Crippen MR) is 139 cm³/mol. The van der Waals surface area contributed by atoms with Gasteiger partial charge < -0.3 is 0 Å². The largest absolute Gasteiger partial charge is 0.217 e. The number of aromatic nitrogens is 3. The third-order valence-electron chi connectivity index (χ3n) is 4.93. The molecule has 0 saturated carbocycles. The molecule has 0 saturated heterocycles. The standard InChI is InChI=1S/C23H9Cl5F2N4S/c24-11-3-1-10(2-4-11)5-20-21(12-6-18(29)16(27)8-14(12)25)33-34-22(31-32-23(34)35-20)13-7-19(30)17(28)9-15(13)26/h1-9H/b20-5-. The lowest BCUT2D eigenvalue weighted by atomic mass is 10.1. The zero-order valence-corrected chi connectivity index (χ0v) is 21.6. The molecule has 0 amide bonds. The van der Waals surface area contributed by atoms with Gasteiger partial charge in [-0.05, 0) is 59.8 Å². The van der Waals surface area contributed by atoms with Gasteiger partial charge in [0.05, 0.1) is 20.1 Å². The molecule has 2 heterocycles. The van der Waals surface area contributed by atoms with Gasteiger partial charge in [-0.3, -0.25) is 0 Å². The molecule has 5 rings (SSSR count). The van der Waals surface area contributed by atoms with Crippen LogP contribution < -0.4 is 0 Å². The molecular weight excluding hydrogens is 580 g/mol. The molecule has 0 fully saturated rings. The average Bonchev–Trinajstić information content (AvgIpc) is 3.22. The summed E-state index contributed by atoms with van der Waals surface area (Å²) in [5.74, 6) is -1.17. The Labute approximate surface area is 227 Å². The molecule has 0 N–H and O–H groups in total. The molecule has 4 aromatic rings. The second-order valence-electron chi connectivity index (χ2n) is 7.22. The molecule has 0 bridgehead atoms.